The van der Waals surface area contributed by atoms with E-state index in [-0.39, 0.29) is 29.1 Å². The van der Waals surface area contributed by atoms with Gasteiger partial charge >= 0.3 is 4.87 Å². The van der Waals surface area contributed by atoms with Gasteiger partial charge in [0.1, 0.15) is 11.8 Å². The predicted octanol–water partition coefficient (Wildman–Crippen LogP) is 6.26. The molecule has 1 saturated heterocycles. The Labute approximate surface area is 257 Å². The lowest BCUT2D eigenvalue weighted by molar-refractivity contribution is -0.122. The molecule has 208 valence electrons. The zero-order chi connectivity index (χ0) is 29.0. The summed E-state index contributed by atoms with van der Waals surface area (Å²) in [4.78, 5) is 56.1. The predicted molar refractivity (Wildman–Crippen MR) is 169 cm³/mol. The zero-order valence-electron chi connectivity index (χ0n) is 21.9. The summed E-state index contributed by atoms with van der Waals surface area (Å²) in [6.45, 7) is -0.210. The Kier molecular flexibility index (Phi) is 6.84. The smallest absolute Gasteiger partial charge is 0.308 e. The highest BCUT2D eigenvalue weighted by Crippen LogP contribution is 2.53. The molecule has 1 N–H and O–H groups in total. The van der Waals surface area contributed by atoms with E-state index in [1.165, 1.54) is 21.2 Å². The van der Waals surface area contributed by atoms with Crippen LogP contribution in [0.3, 0.4) is 0 Å². The molecule has 7 nitrogen and oxygen atoms in total. The molecule has 3 atom stereocenters. The molecule has 0 spiro atoms. The number of anilines is 2. The molecule has 2 aliphatic rings. The number of carbonyl (C=O) groups is 3. The first kappa shape index (κ1) is 26.9. The largest absolute Gasteiger partial charge is 0.324 e. The van der Waals surface area contributed by atoms with Gasteiger partial charge in [0.05, 0.1) is 16.6 Å². The van der Waals surface area contributed by atoms with E-state index in [1.54, 1.807) is 24.3 Å². The summed E-state index contributed by atoms with van der Waals surface area (Å²) in [6, 6.07) is 30.0. The van der Waals surface area contributed by atoms with Gasteiger partial charge in [0.15, 0.2) is 0 Å². The highest BCUT2D eigenvalue weighted by molar-refractivity contribution is 9.10. The molecular weight excluding hydrogens is 634 g/mol. The highest BCUT2D eigenvalue weighted by Gasteiger charge is 2.56. The molecule has 0 saturated carbocycles. The Morgan fingerprint density at radius 1 is 0.833 bits per heavy atom. The maximum absolute atomic E-state index is 13.9. The van der Waals surface area contributed by atoms with E-state index in [4.69, 9.17) is 0 Å². The van der Waals surface area contributed by atoms with Crippen molar-refractivity contribution in [1.29, 1.82) is 0 Å². The van der Waals surface area contributed by atoms with Crippen molar-refractivity contribution in [3.8, 4) is 0 Å². The number of fused-ring (bicyclic) bond motifs is 3. The average Bonchev–Trinajstić information content (AvgIpc) is 3.44. The van der Waals surface area contributed by atoms with Crippen molar-refractivity contribution in [3.05, 3.63) is 122 Å². The third kappa shape index (κ3) is 4.50. The van der Waals surface area contributed by atoms with Crippen molar-refractivity contribution in [2.45, 2.75) is 22.7 Å². The normalized spacial score (nSPS) is 19.5. The Morgan fingerprint density at radius 3 is 2.33 bits per heavy atom. The molecular formula is C32H22BrN3O4S2. The molecule has 4 aromatic carbocycles. The third-order valence-electron chi connectivity index (χ3n) is 7.66. The van der Waals surface area contributed by atoms with Gasteiger partial charge in [-0.2, -0.15) is 0 Å². The second kappa shape index (κ2) is 10.7. The van der Waals surface area contributed by atoms with Crippen molar-refractivity contribution in [1.82, 2.24) is 4.57 Å². The van der Waals surface area contributed by atoms with E-state index in [0.29, 0.717) is 21.3 Å². The number of nitrogens with one attached hydrogen (secondary N) is 1. The highest BCUT2D eigenvalue weighted by atomic mass is 79.9. The summed E-state index contributed by atoms with van der Waals surface area (Å²) < 4.78 is 2.28. The molecule has 0 aliphatic carbocycles. The number of carbonyl (C=O) groups excluding carboxylic acids is 3. The van der Waals surface area contributed by atoms with E-state index in [1.807, 2.05) is 72.8 Å². The van der Waals surface area contributed by atoms with Crippen LogP contribution in [0, 0.1) is 5.92 Å². The second-order valence-corrected chi connectivity index (χ2v) is 13.2. The van der Waals surface area contributed by atoms with Crippen molar-refractivity contribution < 1.29 is 14.4 Å². The number of rotatable bonds is 5. The van der Waals surface area contributed by atoms with Gasteiger partial charge in [-0.1, -0.05) is 106 Å². The molecule has 42 heavy (non-hydrogen) atoms. The van der Waals surface area contributed by atoms with Gasteiger partial charge in [0.2, 0.25) is 17.7 Å². The fourth-order valence-corrected chi connectivity index (χ4v) is 8.82. The van der Waals surface area contributed by atoms with E-state index in [2.05, 4.69) is 21.2 Å². The third-order valence-corrected chi connectivity index (χ3v) is 10.8. The summed E-state index contributed by atoms with van der Waals surface area (Å²) in [5.41, 5.74) is 2.01. The van der Waals surface area contributed by atoms with E-state index in [0.717, 1.165) is 32.1 Å². The molecule has 5 aromatic rings. The minimum absolute atomic E-state index is 0.210. The molecule has 1 aromatic heterocycles. The lowest BCUT2D eigenvalue weighted by atomic mass is 9.83. The standard InChI is InChI=1S/C32H22BrN3O4S2/c33-20-13-15-21(16-14-20)36-29(38)26-25(19-8-2-1-3-9-19)28-31(41-27(26)30(36)39)35(32(40)42-28)17-24(37)34-23-12-6-10-18-7-4-5-11-22(18)23/h1-16,25-27H,17H2,(H,34,37)/t25-,26-,27+/m0/s1. The van der Waals surface area contributed by atoms with Crippen LogP contribution in [0.2, 0.25) is 0 Å². The molecule has 3 heterocycles. The minimum atomic E-state index is -0.736. The summed E-state index contributed by atoms with van der Waals surface area (Å²) in [7, 11) is 0. The molecule has 0 unspecified atom stereocenters. The number of nitrogens with zero attached hydrogens (tertiary/aromatic N) is 2. The van der Waals surface area contributed by atoms with Crippen LogP contribution in [0.25, 0.3) is 10.8 Å². The summed E-state index contributed by atoms with van der Waals surface area (Å²) in [6.07, 6.45) is 0. The van der Waals surface area contributed by atoms with Gasteiger partial charge in [0.25, 0.3) is 0 Å². The molecule has 3 amide bonds. The first-order valence-corrected chi connectivity index (χ1v) is 15.8. The van der Waals surface area contributed by atoms with Crippen molar-refractivity contribution in [3.63, 3.8) is 0 Å². The average molecular weight is 657 g/mol. The molecule has 0 radical (unpaired) electrons. The van der Waals surface area contributed by atoms with Crippen molar-refractivity contribution in [2.24, 2.45) is 5.92 Å². The summed E-state index contributed by atoms with van der Waals surface area (Å²) >= 11 is 5.66. The van der Waals surface area contributed by atoms with Gasteiger partial charge in [-0.25, -0.2) is 4.90 Å². The maximum atomic E-state index is 13.9. The van der Waals surface area contributed by atoms with Gasteiger partial charge in [0, 0.05) is 26.3 Å². The van der Waals surface area contributed by atoms with Gasteiger partial charge in [-0.05, 0) is 41.3 Å². The lowest BCUT2D eigenvalue weighted by Crippen LogP contribution is -2.33. The zero-order valence-corrected chi connectivity index (χ0v) is 25.1. The van der Waals surface area contributed by atoms with Crippen LogP contribution in [-0.4, -0.2) is 27.5 Å². The van der Waals surface area contributed by atoms with Crippen LogP contribution in [0.1, 0.15) is 16.4 Å². The molecule has 1 fully saturated rings. The Morgan fingerprint density at radius 2 is 1.55 bits per heavy atom. The van der Waals surface area contributed by atoms with Crippen LogP contribution < -0.4 is 15.1 Å². The van der Waals surface area contributed by atoms with E-state index in [9.17, 15) is 19.2 Å². The van der Waals surface area contributed by atoms with E-state index >= 15 is 0 Å². The number of hydrogen-bond donors (Lipinski definition) is 1. The summed E-state index contributed by atoms with van der Waals surface area (Å²) in [5, 5.41) is 4.68. The molecule has 0 bridgehead atoms. The number of thiazole rings is 1. The fourth-order valence-electron chi connectivity index (χ4n) is 5.79. The minimum Gasteiger partial charge on any atom is -0.324 e. The molecule has 7 rings (SSSR count). The second-order valence-electron chi connectivity index (χ2n) is 10.1. The van der Waals surface area contributed by atoms with Gasteiger partial charge in [-0.15, -0.1) is 0 Å². The summed E-state index contributed by atoms with van der Waals surface area (Å²) in [5.74, 6) is -2.14. The number of halogens is 1. The van der Waals surface area contributed by atoms with Gasteiger partial charge < -0.3 is 5.32 Å². The Balaban J connectivity index is 1.27. The number of hydrogen-bond acceptors (Lipinski definition) is 6. The number of thioether (sulfide) groups is 1. The first-order chi connectivity index (χ1) is 20.4. The maximum Gasteiger partial charge on any atom is 0.308 e. The van der Waals surface area contributed by atoms with Crippen LogP contribution in [0.5, 0.6) is 0 Å². The number of amides is 3. The van der Waals surface area contributed by atoms with Crippen LogP contribution >= 0.6 is 39.0 Å². The first-order valence-electron chi connectivity index (χ1n) is 13.3. The number of aromatic nitrogens is 1. The monoisotopic (exact) mass is 655 g/mol. The topological polar surface area (TPSA) is 88.5 Å². The SMILES string of the molecule is O=C(Cn1c2c(sc1=O)[C@@H](c1ccccc1)[C@@H]1C(=O)N(c3ccc(Br)cc3)C(=O)[C@@H]1S2)Nc1cccc2ccccc12. The Hall–Kier alpha value is -3.99. The van der Waals surface area contributed by atoms with Crippen LogP contribution in [-0.2, 0) is 20.9 Å². The van der Waals surface area contributed by atoms with Crippen LogP contribution in [0.15, 0.2) is 111 Å². The van der Waals surface area contributed by atoms with Crippen molar-refractivity contribution in [2.75, 3.05) is 10.2 Å². The number of benzene rings is 4. The fraction of sp³-hybridized carbons (Fsp3) is 0.125. The Bertz CT molecular complexity index is 1930. The lowest BCUT2D eigenvalue weighted by Gasteiger charge is -2.30. The number of imide groups is 1. The molecule has 10 heteroatoms. The van der Waals surface area contributed by atoms with Crippen molar-refractivity contribution >= 4 is 78.9 Å². The van der Waals surface area contributed by atoms with E-state index < -0.39 is 17.1 Å². The van der Waals surface area contributed by atoms with Crippen LogP contribution in [0.4, 0.5) is 11.4 Å². The quantitative estimate of drug-likeness (QED) is 0.226. The van der Waals surface area contributed by atoms with Gasteiger partial charge in [-0.3, -0.25) is 23.7 Å². The molecule has 2 aliphatic heterocycles.